The fourth-order valence-corrected chi connectivity index (χ4v) is 3.90. The molecule has 0 radical (unpaired) electrons. The predicted molar refractivity (Wildman–Crippen MR) is 127 cm³/mol. The Morgan fingerprint density at radius 3 is 2.82 bits per heavy atom. The minimum absolute atomic E-state index is 0.0638. The zero-order chi connectivity index (χ0) is 23.2. The second kappa shape index (κ2) is 10.2. The summed E-state index contributed by atoms with van der Waals surface area (Å²) in [7, 11) is 0. The Morgan fingerprint density at radius 2 is 2.09 bits per heavy atom. The maximum Gasteiger partial charge on any atom is 0.341 e. The van der Waals surface area contributed by atoms with E-state index in [4.69, 9.17) is 5.73 Å². The molecule has 4 N–H and O–H groups in total. The number of aliphatic hydroxyl groups excluding tert-OH is 1. The molecule has 9 nitrogen and oxygen atoms in total. The van der Waals surface area contributed by atoms with E-state index in [1.165, 1.54) is 0 Å². The number of aliphatic imine (C=N–C) groups is 2. The lowest BCUT2D eigenvalue weighted by Gasteiger charge is -2.12. The SMILES string of the molecule is NC(=O)C1=NC[N+]([C@@H](CO)CCn2ccc3c2=C/C(=N/C(=O)NCc2ccccc2)CC=3)=C1. The zero-order valence-corrected chi connectivity index (χ0v) is 18.2. The highest BCUT2D eigenvalue weighted by atomic mass is 16.3. The molecule has 2 aliphatic rings. The van der Waals surface area contributed by atoms with Crippen LogP contribution in [0.1, 0.15) is 18.4 Å². The first-order chi connectivity index (χ1) is 16.0. The van der Waals surface area contributed by atoms with Crippen molar-refractivity contribution in [2.45, 2.75) is 32.0 Å². The van der Waals surface area contributed by atoms with Gasteiger partial charge in [-0.2, -0.15) is 4.99 Å². The van der Waals surface area contributed by atoms with E-state index in [1.807, 2.05) is 53.2 Å². The van der Waals surface area contributed by atoms with Crippen LogP contribution in [-0.2, 0) is 17.9 Å². The van der Waals surface area contributed by atoms with Crippen molar-refractivity contribution in [1.29, 1.82) is 0 Å². The molecule has 1 aliphatic carbocycles. The van der Waals surface area contributed by atoms with Gasteiger partial charge in [0.2, 0.25) is 6.67 Å². The number of benzene rings is 1. The van der Waals surface area contributed by atoms with Gasteiger partial charge in [0, 0.05) is 37.5 Å². The number of nitrogens with one attached hydrogen (secondary N) is 1. The topological polar surface area (TPSA) is 125 Å². The number of aryl methyl sites for hydroxylation is 1. The third-order valence-corrected chi connectivity index (χ3v) is 5.73. The van der Waals surface area contributed by atoms with Gasteiger partial charge in [-0.3, -0.25) is 4.79 Å². The number of carbonyl (C=O) groups is 2. The molecule has 1 atom stereocenters. The van der Waals surface area contributed by atoms with E-state index in [0.717, 1.165) is 16.1 Å². The van der Waals surface area contributed by atoms with Crippen molar-refractivity contribution in [2.75, 3.05) is 13.3 Å². The maximum absolute atomic E-state index is 12.3. The predicted octanol–water partition coefficient (Wildman–Crippen LogP) is -0.465. The molecule has 4 rings (SSSR count). The number of hydrogen-bond acceptors (Lipinski definition) is 4. The second-order valence-electron chi connectivity index (χ2n) is 7.97. The van der Waals surface area contributed by atoms with Crippen molar-refractivity contribution in [1.82, 2.24) is 9.88 Å². The molecule has 9 heteroatoms. The molecule has 1 aromatic carbocycles. The van der Waals surface area contributed by atoms with Gasteiger partial charge < -0.3 is 20.7 Å². The summed E-state index contributed by atoms with van der Waals surface area (Å²) in [5.74, 6) is -0.571. The van der Waals surface area contributed by atoms with Crippen molar-refractivity contribution in [3.63, 3.8) is 0 Å². The molecule has 0 bridgehead atoms. The average molecular weight is 448 g/mol. The van der Waals surface area contributed by atoms with Gasteiger partial charge in [0.1, 0.15) is 6.61 Å². The number of primary amides is 1. The molecule has 0 saturated carbocycles. The van der Waals surface area contributed by atoms with Crippen molar-refractivity contribution in [3.05, 3.63) is 58.7 Å². The van der Waals surface area contributed by atoms with Crippen LogP contribution in [0.25, 0.3) is 12.2 Å². The molecule has 0 unspecified atom stereocenters. The molecule has 3 amide bonds. The summed E-state index contributed by atoms with van der Waals surface area (Å²) in [6.45, 7) is 1.32. The molecule has 0 spiro atoms. The number of amides is 3. The van der Waals surface area contributed by atoms with Gasteiger partial charge in [0.15, 0.2) is 18.0 Å². The molecule has 1 aliphatic heterocycles. The molecule has 2 aromatic rings. The Hall–Kier alpha value is -3.85. The van der Waals surface area contributed by atoms with Crippen LogP contribution in [-0.4, -0.2) is 63.1 Å². The number of hydrogen-bond donors (Lipinski definition) is 3. The quantitative estimate of drug-likeness (QED) is 0.474. The Morgan fingerprint density at radius 1 is 1.27 bits per heavy atom. The van der Waals surface area contributed by atoms with Gasteiger partial charge in [-0.15, -0.1) is 0 Å². The van der Waals surface area contributed by atoms with Crippen molar-refractivity contribution in [2.24, 2.45) is 15.7 Å². The first-order valence-electron chi connectivity index (χ1n) is 10.9. The van der Waals surface area contributed by atoms with Crippen LogP contribution < -0.4 is 21.6 Å². The van der Waals surface area contributed by atoms with E-state index in [2.05, 4.69) is 25.9 Å². The summed E-state index contributed by atoms with van der Waals surface area (Å²) in [6.07, 6.45) is 8.82. The summed E-state index contributed by atoms with van der Waals surface area (Å²) in [5, 5.41) is 14.7. The summed E-state index contributed by atoms with van der Waals surface area (Å²) in [6, 6.07) is 11.2. The maximum atomic E-state index is 12.3. The van der Waals surface area contributed by atoms with E-state index >= 15 is 0 Å². The largest absolute Gasteiger partial charge is 0.389 e. The van der Waals surface area contributed by atoms with Gasteiger partial charge in [-0.25, -0.2) is 14.4 Å². The Labute approximate surface area is 191 Å². The zero-order valence-electron chi connectivity index (χ0n) is 18.2. The standard InChI is InChI=1S/C24H26N6O3/c25-23(32)21-14-30(16-27-21)20(15-31)9-11-29-10-8-18-6-7-19(12-22(18)29)28-24(33)26-13-17-4-2-1-3-5-17/h1-6,8,10,12,14,20,31H,7,9,11,13,15-16H2,(H2-,25,26,32,33)/p+1/b28-19+/t20-/m1/s1. The van der Waals surface area contributed by atoms with Gasteiger partial charge >= 0.3 is 6.03 Å². The number of aromatic nitrogens is 1. The molecule has 2 heterocycles. The Kier molecular flexibility index (Phi) is 6.89. The highest BCUT2D eigenvalue weighted by Crippen LogP contribution is 2.05. The van der Waals surface area contributed by atoms with Crippen LogP contribution in [0.4, 0.5) is 4.79 Å². The Balaban J connectivity index is 1.42. The van der Waals surface area contributed by atoms with E-state index in [1.54, 1.807) is 6.21 Å². The van der Waals surface area contributed by atoms with Crippen LogP contribution in [0.15, 0.2) is 52.6 Å². The highest BCUT2D eigenvalue weighted by Gasteiger charge is 2.26. The lowest BCUT2D eigenvalue weighted by atomic mass is 10.1. The van der Waals surface area contributed by atoms with E-state index in [9.17, 15) is 14.7 Å². The number of nitrogens with zero attached hydrogens (tertiary/aromatic N) is 4. The normalized spacial score (nSPS) is 16.8. The van der Waals surface area contributed by atoms with Gasteiger partial charge in [-0.1, -0.05) is 36.4 Å². The number of carbonyl (C=O) groups excluding carboxylic acids is 2. The van der Waals surface area contributed by atoms with E-state index < -0.39 is 5.91 Å². The highest BCUT2D eigenvalue weighted by molar-refractivity contribution is 6.59. The summed E-state index contributed by atoms with van der Waals surface area (Å²) in [5.41, 5.74) is 7.22. The van der Waals surface area contributed by atoms with Crippen LogP contribution in [0.2, 0.25) is 0 Å². The number of aliphatic hydroxyl groups is 1. The van der Waals surface area contributed by atoms with Crippen LogP contribution in [0.5, 0.6) is 0 Å². The van der Waals surface area contributed by atoms with Crippen LogP contribution in [0, 0.1) is 0 Å². The lowest BCUT2D eigenvalue weighted by molar-refractivity contribution is -0.560. The minimum Gasteiger partial charge on any atom is -0.389 e. The fraction of sp³-hybridized carbons (Fsp3) is 0.292. The summed E-state index contributed by atoms with van der Waals surface area (Å²) < 4.78 is 3.91. The number of nitrogens with two attached hydrogens (primary N) is 1. The fourth-order valence-electron chi connectivity index (χ4n) is 3.90. The van der Waals surface area contributed by atoms with Gasteiger partial charge in [0.25, 0.3) is 5.91 Å². The lowest BCUT2D eigenvalue weighted by Crippen LogP contribution is -2.36. The first-order valence-corrected chi connectivity index (χ1v) is 10.9. The monoisotopic (exact) mass is 447 g/mol. The molecular formula is C24H27N6O3+. The summed E-state index contributed by atoms with van der Waals surface area (Å²) >= 11 is 0. The van der Waals surface area contributed by atoms with Gasteiger partial charge in [0.05, 0.1) is 5.71 Å². The van der Waals surface area contributed by atoms with Gasteiger partial charge in [-0.05, 0) is 22.9 Å². The molecule has 33 heavy (non-hydrogen) atoms. The van der Waals surface area contributed by atoms with Crippen molar-refractivity contribution < 1.29 is 19.3 Å². The summed E-state index contributed by atoms with van der Waals surface area (Å²) in [4.78, 5) is 31.9. The van der Waals surface area contributed by atoms with Crippen molar-refractivity contribution in [3.8, 4) is 0 Å². The van der Waals surface area contributed by atoms with Crippen LogP contribution >= 0.6 is 0 Å². The second-order valence-corrected chi connectivity index (χ2v) is 7.97. The van der Waals surface area contributed by atoms with Crippen molar-refractivity contribution >= 4 is 41.7 Å². The smallest absolute Gasteiger partial charge is 0.341 e. The molecule has 170 valence electrons. The molecular weight excluding hydrogens is 420 g/mol. The average Bonchev–Trinajstić information content (AvgIpc) is 3.47. The molecule has 1 aromatic heterocycles. The molecule has 0 saturated heterocycles. The number of fused-ring (bicyclic) bond motifs is 1. The molecule has 0 fully saturated rings. The number of rotatable bonds is 8. The van der Waals surface area contributed by atoms with E-state index in [0.29, 0.717) is 38.3 Å². The third kappa shape index (κ3) is 5.50. The minimum atomic E-state index is -0.571. The third-order valence-electron chi connectivity index (χ3n) is 5.73. The van der Waals surface area contributed by atoms with E-state index in [-0.39, 0.29) is 24.4 Å². The van der Waals surface area contributed by atoms with Crippen LogP contribution in [0.3, 0.4) is 0 Å². The Bertz CT molecular complexity index is 1260. The first kappa shape index (κ1) is 22.3. The number of urea groups is 1.